The lowest BCUT2D eigenvalue weighted by molar-refractivity contribution is 0.106. The van der Waals surface area contributed by atoms with Crippen molar-refractivity contribution >= 4 is 66.8 Å². The number of carbonyl (C=O) groups excluding carboxylic acids is 2. The van der Waals surface area contributed by atoms with Crippen LogP contribution in [0.15, 0.2) is 81.8 Å². The Balaban J connectivity index is 1.28. The van der Waals surface area contributed by atoms with Crippen LogP contribution in [0, 0.1) is 46.3 Å². The van der Waals surface area contributed by atoms with Gasteiger partial charge in [-0.2, -0.15) is 15.8 Å². The zero-order chi connectivity index (χ0) is 33.2. The molecule has 0 radical (unpaired) electrons. The maximum absolute atomic E-state index is 13.6. The summed E-state index contributed by atoms with van der Waals surface area (Å²) in [6.45, 7) is 0. The van der Waals surface area contributed by atoms with Crippen molar-refractivity contribution in [2.75, 3.05) is 0 Å². The minimum atomic E-state index is -0.311. The molecule has 226 valence electrons. The molecule has 7 nitrogen and oxygen atoms in total. The smallest absolute Gasteiger partial charge is 0.212 e. The van der Waals surface area contributed by atoms with Crippen LogP contribution in [-0.4, -0.2) is 23.0 Å². The molecule has 0 aliphatic heterocycles. The van der Waals surface area contributed by atoms with Gasteiger partial charge in [-0.05, 0) is 47.2 Å². The van der Waals surface area contributed by atoms with Gasteiger partial charge in [0.05, 0.1) is 9.75 Å². The van der Waals surface area contributed by atoms with E-state index >= 15 is 0 Å². The van der Waals surface area contributed by atoms with Gasteiger partial charge >= 0.3 is 0 Å². The average Bonchev–Trinajstić information content (AvgIpc) is 3.90. The molecule has 0 unspecified atom stereocenters. The van der Waals surface area contributed by atoms with E-state index in [0.717, 1.165) is 41.9 Å². The van der Waals surface area contributed by atoms with E-state index in [1.165, 1.54) is 33.8 Å². The molecule has 8 rings (SSSR count). The summed E-state index contributed by atoms with van der Waals surface area (Å²) in [6.07, 6.45) is 10.8. The second kappa shape index (κ2) is 11.1. The van der Waals surface area contributed by atoms with E-state index in [1.54, 1.807) is 42.5 Å². The third kappa shape index (κ3) is 4.09. The van der Waals surface area contributed by atoms with Gasteiger partial charge in [-0.15, -0.1) is 29.1 Å². The number of nitrogens with zero attached hydrogens (tertiary/aromatic N) is 5. The van der Waals surface area contributed by atoms with E-state index in [-0.39, 0.29) is 45.1 Å². The molecule has 0 atom stereocenters. The van der Waals surface area contributed by atoms with Gasteiger partial charge < -0.3 is 0 Å². The van der Waals surface area contributed by atoms with E-state index in [1.807, 2.05) is 18.2 Å². The zero-order valence-corrected chi connectivity index (χ0v) is 26.9. The van der Waals surface area contributed by atoms with E-state index in [4.69, 9.17) is 16.4 Å². The SMILES string of the molecule is C#CC(C#N)=C1C(=Nc2cc3c(s2)-c2sc(N=C4C(=O)c5ccccc5C4=C(C#N)C#N)cc2C32CCCCC2)C(=O)c2ccccc21. The highest BCUT2D eigenvalue weighted by molar-refractivity contribution is 7.26. The second-order valence-corrected chi connectivity index (χ2v) is 14.0. The van der Waals surface area contributed by atoms with Crippen LogP contribution in [0.25, 0.3) is 20.9 Å². The molecule has 1 fully saturated rings. The number of allylic oxidation sites excluding steroid dienone is 4. The molecule has 0 saturated heterocycles. The Labute approximate surface area is 284 Å². The maximum Gasteiger partial charge on any atom is 0.212 e. The van der Waals surface area contributed by atoms with Crippen LogP contribution >= 0.6 is 22.7 Å². The lowest BCUT2D eigenvalue weighted by Gasteiger charge is -2.34. The predicted molar refractivity (Wildman–Crippen MR) is 187 cm³/mol. The van der Waals surface area contributed by atoms with Gasteiger partial charge in [-0.1, -0.05) is 73.7 Å². The van der Waals surface area contributed by atoms with Gasteiger partial charge in [0.2, 0.25) is 11.6 Å². The number of nitriles is 3. The number of ketones is 2. The van der Waals surface area contributed by atoms with Gasteiger partial charge in [0, 0.05) is 27.7 Å². The van der Waals surface area contributed by atoms with Crippen LogP contribution in [0.5, 0.6) is 0 Å². The Morgan fingerprint density at radius 2 is 1.10 bits per heavy atom. The Hall–Kier alpha value is -5.97. The quantitative estimate of drug-likeness (QED) is 0.158. The molecule has 4 aromatic rings. The standard InChI is InChI=1S/C39H21N5O2S2/c1-2-21(18-40)31-23-10-4-6-12-25(23)35(45)33(31)43-29-16-27-37(47-29)38-28(39(27)14-8-3-9-15-39)17-30(48-38)44-34-32(22(19-41)20-42)24-11-5-7-13-26(24)36(34)46/h1,4-7,10-13,16-17H,3,8-9,14-15H2. The summed E-state index contributed by atoms with van der Waals surface area (Å²) in [6, 6.07) is 24.2. The fraction of sp³-hybridized carbons (Fsp3) is 0.154. The molecule has 0 bridgehead atoms. The molecule has 1 spiro atoms. The molecular weight excluding hydrogens is 635 g/mol. The van der Waals surface area contributed by atoms with E-state index in [2.05, 4.69) is 24.1 Å². The van der Waals surface area contributed by atoms with Crippen LogP contribution in [0.1, 0.15) is 75.1 Å². The Kier molecular flexibility index (Phi) is 6.79. The van der Waals surface area contributed by atoms with Gasteiger partial charge in [0.15, 0.2) is 0 Å². The number of Topliss-reactive ketones (excluding diaryl/α,β-unsaturated/α-hetero) is 2. The van der Waals surface area contributed by atoms with Crippen LogP contribution in [0.4, 0.5) is 10.0 Å². The minimum Gasteiger partial charge on any atom is -0.287 e. The van der Waals surface area contributed by atoms with Gasteiger partial charge in [-0.3, -0.25) is 9.59 Å². The monoisotopic (exact) mass is 655 g/mol. The summed E-state index contributed by atoms with van der Waals surface area (Å²) in [5, 5.41) is 30.6. The lowest BCUT2D eigenvalue weighted by atomic mass is 9.68. The largest absolute Gasteiger partial charge is 0.287 e. The molecule has 2 aromatic heterocycles. The zero-order valence-electron chi connectivity index (χ0n) is 25.3. The van der Waals surface area contributed by atoms with E-state index in [9.17, 15) is 25.4 Å². The molecule has 1 saturated carbocycles. The molecule has 2 heterocycles. The first-order valence-corrected chi connectivity index (χ1v) is 17.0. The minimum absolute atomic E-state index is 0.0668. The van der Waals surface area contributed by atoms with Crippen LogP contribution in [-0.2, 0) is 5.41 Å². The Morgan fingerprint density at radius 1 is 0.667 bits per heavy atom. The second-order valence-electron chi connectivity index (χ2n) is 11.9. The number of benzene rings is 2. The molecule has 9 heteroatoms. The molecule has 4 aliphatic rings. The first-order chi connectivity index (χ1) is 23.4. The van der Waals surface area contributed by atoms with Gasteiger partial charge in [-0.25, -0.2) is 9.98 Å². The van der Waals surface area contributed by atoms with Crippen molar-refractivity contribution in [2.45, 2.75) is 37.5 Å². The normalized spacial score (nSPS) is 19.3. The van der Waals surface area contributed by atoms with Crippen LogP contribution in [0.3, 0.4) is 0 Å². The summed E-state index contributed by atoms with van der Waals surface area (Å²) in [5.41, 5.74) is 4.99. The van der Waals surface area contributed by atoms with Crippen molar-refractivity contribution in [1.82, 2.24) is 0 Å². The molecule has 2 aromatic carbocycles. The Morgan fingerprint density at radius 3 is 1.54 bits per heavy atom. The van der Waals surface area contributed by atoms with E-state index < -0.39 is 0 Å². The summed E-state index contributed by atoms with van der Waals surface area (Å²) in [7, 11) is 0. The number of fused-ring (bicyclic) bond motifs is 7. The van der Waals surface area contributed by atoms with Crippen molar-refractivity contribution in [1.29, 1.82) is 15.8 Å². The maximum atomic E-state index is 13.6. The molecular formula is C39H21N5O2S2. The predicted octanol–water partition coefficient (Wildman–Crippen LogP) is 8.69. The summed E-state index contributed by atoms with van der Waals surface area (Å²) < 4.78 is 0. The molecule has 48 heavy (non-hydrogen) atoms. The van der Waals surface area contributed by atoms with Crippen LogP contribution in [0.2, 0.25) is 0 Å². The highest BCUT2D eigenvalue weighted by Crippen LogP contribution is 2.63. The van der Waals surface area contributed by atoms with Crippen molar-refractivity contribution < 1.29 is 9.59 Å². The first-order valence-electron chi connectivity index (χ1n) is 15.3. The topological polar surface area (TPSA) is 130 Å². The fourth-order valence-corrected chi connectivity index (χ4v) is 9.96. The van der Waals surface area contributed by atoms with Crippen LogP contribution < -0.4 is 0 Å². The molecule has 0 N–H and O–H groups in total. The number of hydrogen-bond donors (Lipinski definition) is 0. The molecule has 0 amide bonds. The van der Waals surface area contributed by atoms with Crippen molar-refractivity contribution in [3.63, 3.8) is 0 Å². The number of aliphatic imine (C=N–C) groups is 2. The van der Waals surface area contributed by atoms with Gasteiger partial charge in [0.1, 0.15) is 50.8 Å². The summed E-state index contributed by atoms with van der Waals surface area (Å²) in [4.78, 5) is 39.0. The number of thiophene rings is 2. The summed E-state index contributed by atoms with van der Waals surface area (Å²) >= 11 is 2.97. The highest BCUT2D eigenvalue weighted by atomic mass is 32.1. The average molecular weight is 656 g/mol. The number of terminal acetylenes is 1. The Bertz CT molecular complexity index is 2270. The number of hydrogen-bond acceptors (Lipinski definition) is 9. The van der Waals surface area contributed by atoms with Crippen molar-refractivity contribution in [3.8, 4) is 40.3 Å². The number of carbonyl (C=O) groups is 2. The third-order valence-electron chi connectivity index (χ3n) is 9.59. The van der Waals surface area contributed by atoms with Gasteiger partial charge in [0.25, 0.3) is 0 Å². The lowest BCUT2D eigenvalue weighted by Crippen LogP contribution is -2.27. The van der Waals surface area contributed by atoms with Crippen molar-refractivity contribution in [2.24, 2.45) is 9.98 Å². The molecule has 4 aliphatic carbocycles. The third-order valence-corrected chi connectivity index (χ3v) is 11.8. The van der Waals surface area contributed by atoms with Crippen molar-refractivity contribution in [3.05, 3.63) is 105 Å². The fourth-order valence-electron chi connectivity index (χ4n) is 7.53. The first kappa shape index (κ1) is 29.4. The van der Waals surface area contributed by atoms with E-state index in [0.29, 0.717) is 37.8 Å². The number of rotatable bonds is 2. The summed E-state index contributed by atoms with van der Waals surface area (Å²) in [5.74, 6) is 1.87. The highest BCUT2D eigenvalue weighted by Gasteiger charge is 2.47.